The van der Waals surface area contributed by atoms with Crippen LogP contribution in [0.1, 0.15) is 35.2 Å². The molecule has 8 heteroatoms. The van der Waals surface area contributed by atoms with E-state index in [4.69, 9.17) is 14.2 Å². The number of carbonyl (C=O) groups excluding carboxylic acids is 1. The molecular formula is C31H28N2O5S. The quantitative estimate of drug-likeness (QED) is 0.327. The van der Waals surface area contributed by atoms with Crippen molar-refractivity contribution in [2.24, 2.45) is 4.99 Å². The van der Waals surface area contributed by atoms with Crippen LogP contribution in [0.15, 0.2) is 93.9 Å². The number of fused-ring (bicyclic) bond motifs is 1. The van der Waals surface area contributed by atoms with Crippen molar-refractivity contribution in [3.05, 3.63) is 126 Å². The molecule has 1 aliphatic rings. The van der Waals surface area contributed by atoms with E-state index in [1.54, 1.807) is 18.6 Å². The van der Waals surface area contributed by atoms with Crippen LogP contribution < -0.4 is 24.4 Å². The minimum Gasteiger partial charge on any atom is -0.496 e. The molecule has 1 aliphatic heterocycles. The van der Waals surface area contributed by atoms with Gasteiger partial charge in [-0.3, -0.25) is 9.36 Å². The Morgan fingerprint density at radius 1 is 1.00 bits per heavy atom. The van der Waals surface area contributed by atoms with E-state index in [-0.39, 0.29) is 5.56 Å². The molecule has 198 valence electrons. The average Bonchev–Trinajstić information content (AvgIpc) is 3.25. The number of nitrogens with zero attached hydrogens (tertiary/aromatic N) is 2. The first-order chi connectivity index (χ1) is 18.9. The van der Waals surface area contributed by atoms with Gasteiger partial charge in [0.05, 0.1) is 36.1 Å². The third-order valence-electron chi connectivity index (χ3n) is 6.62. The lowest BCUT2D eigenvalue weighted by Crippen LogP contribution is -2.39. The molecule has 1 aromatic heterocycles. The van der Waals surface area contributed by atoms with Crippen molar-refractivity contribution in [1.82, 2.24) is 4.57 Å². The largest absolute Gasteiger partial charge is 0.496 e. The average molecular weight is 541 g/mol. The minimum atomic E-state index is -0.633. The Morgan fingerprint density at radius 2 is 1.74 bits per heavy atom. The van der Waals surface area contributed by atoms with E-state index in [0.29, 0.717) is 33.0 Å². The fourth-order valence-corrected chi connectivity index (χ4v) is 5.72. The number of carbonyl (C=O) groups is 1. The number of ether oxygens (including phenoxy) is 3. The molecular weight excluding hydrogens is 512 g/mol. The molecule has 2 heterocycles. The molecule has 7 nitrogen and oxygen atoms in total. The fourth-order valence-electron chi connectivity index (χ4n) is 4.67. The maximum Gasteiger partial charge on any atom is 0.338 e. The van der Waals surface area contributed by atoms with Crippen molar-refractivity contribution in [3.8, 4) is 11.5 Å². The highest BCUT2D eigenvalue weighted by Crippen LogP contribution is 2.30. The molecule has 0 bridgehead atoms. The number of hydrogen-bond acceptors (Lipinski definition) is 7. The number of benzene rings is 3. The van der Waals surface area contributed by atoms with Crippen molar-refractivity contribution in [1.29, 1.82) is 0 Å². The second-order valence-electron chi connectivity index (χ2n) is 9.11. The van der Waals surface area contributed by atoms with Crippen molar-refractivity contribution >= 4 is 23.4 Å². The standard InChI is InChI=1S/C31H28N2O5S/c1-19-10-8-9-13-24(19)38-18-23-16-21(14-15-25(23)36-3)17-26-29(34)33-28(22-11-6-5-7-12-22)27(30(35)37-4)20(2)32-31(33)39-26/h5-17,28H,18H2,1-4H3/b26-17+/t28-/m0/s1. The van der Waals surface area contributed by atoms with Crippen molar-refractivity contribution in [2.45, 2.75) is 26.5 Å². The summed E-state index contributed by atoms with van der Waals surface area (Å²) in [6, 6.07) is 22.4. The predicted octanol–water partition coefficient (Wildman–Crippen LogP) is 4.30. The van der Waals surface area contributed by atoms with Crippen LogP contribution in [0.5, 0.6) is 11.5 Å². The normalized spacial score (nSPS) is 15.0. The second kappa shape index (κ2) is 11.1. The molecule has 0 fully saturated rings. The number of aryl methyl sites for hydroxylation is 1. The van der Waals surface area contributed by atoms with Gasteiger partial charge < -0.3 is 14.2 Å². The minimum absolute atomic E-state index is 0.227. The molecule has 1 atom stereocenters. The summed E-state index contributed by atoms with van der Waals surface area (Å²) in [6.07, 6.45) is 1.83. The molecule has 4 aromatic rings. The Labute approximate surface area is 229 Å². The van der Waals surface area contributed by atoms with Gasteiger partial charge in [-0.25, -0.2) is 9.79 Å². The Kier molecular flexibility index (Phi) is 7.47. The summed E-state index contributed by atoms with van der Waals surface area (Å²) in [6.45, 7) is 4.08. The van der Waals surface area contributed by atoms with Gasteiger partial charge in [0.15, 0.2) is 4.80 Å². The number of rotatable bonds is 7. The first-order valence-corrected chi connectivity index (χ1v) is 13.2. The van der Waals surface area contributed by atoms with Crippen LogP contribution in [0.4, 0.5) is 0 Å². The number of allylic oxidation sites excluding steroid dienone is 1. The van der Waals surface area contributed by atoms with Crippen LogP contribution in [0.2, 0.25) is 0 Å². The van der Waals surface area contributed by atoms with Gasteiger partial charge in [0.25, 0.3) is 5.56 Å². The molecule has 0 radical (unpaired) electrons. The summed E-state index contributed by atoms with van der Waals surface area (Å²) >= 11 is 1.29. The summed E-state index contributed by atoms with van der Waals surface area (Å²) in [5.41, 5.74) is 4.18. The Morgan fingerprint density at radius 3 is 2.46 bits per heavy atom. The van der Waals surface area contributed by atoms with Gasteiger partial charge in [-0.15, -0.1) is 0 Å². The monoisotopic (exact) mass is 540 g/mol. The van der Waals surface area contributed by atoms with Crippen LogP contribution in [0.3, 0.4) is 0 Å². The van der Waals surface area contributed by atoms with E-state index in [1.165, 1.54) is 18.4 Å². The number of aromatic nitrogens is 1. The fraction of sp³-hybridized carbons (Fsp3) is 0.194. The third-order valence-corrected chi connectivity index (χ3v) is 7.60. The highest BCUT2D eigenvalue weighted by atomic mass is 32.1. The van der Waals surface area contributed by atoms with Gasteiger partial charge in [0.2, 0.25) is 0 Å². The number of esters is 1. The maximum atomic E-state index is 13.8. The second-order valence-corrected chi connectivity index (χ2v) is 10.1. The van der Waals surface area contributed by atoms with Crippen molar-refractivity contribution in [2.75, 3.05) is 14.2 Å². The van der Waals surface area contributed by atoms with Crippen molar-refractivity contribution in [3.63, 3.8) is 0 Å². The molecule has 5 rings (SSSR count). The van der Waals surface area contributed by atoms with Crippen molar-refractivity contribution < 1.29 is 19.0 Å². The smallest absolute Gasteiger partial charge is 0.338 e. The summed E-state index contributed by atoms with van der Waals surface area (Å²) in [5, 5.41) is 0. The summed E-state index contributed by atoms with van der Waals surface area (Å²) in [4.78, 5) is 31.7. The first-order valence-electron chi connectivity index (χ1n) is 12.4. The molecule has 0 aliphatic carbocycles. The SMILES string of the molecule is COC(=O)C1=C(C)N=c2s/c(=C/c3ccc(OC)c(COc4ccccc4C)c3)c(=O)n2[C@H]1c1ccccc1. The molecule has 0 amide bonds. The molecule has 0 N–H and O–H groups in total. The van der Waals surface area contributed by atoms with E-state index in [0.717, 1.165) is 28.0 Å². The maximum absolute atomic E-state index is 13.8. The van der Waals surface area contributed by atoms with Gasteiger partial charge in [-0.05, 0) is 54.8 Å². The molecule has 0 saturated heterocycles. The number of thiazole rings is 1. The lowest BCUT2D eigenvalue weighted by atomic mass is 9.96. The number of methoxy groups -OCH3 is 2. The highest BCUT2D eigenvalue weighted by Gasteiger charge is 2.32. The van der Waals surface area contributed by atoms with E-state index in [1.807, 2.05) is 85.8 Å². The lowest BCUT2D eigenvalue weighted by molar-refractivity contribution is -0.136. The third kappa shape index (κ3) is 5.15. The number of para-hydroxylation sites is 1. The molecule has 0 spiro atoms. The highest BCUT2D eigenvalue weighted by molar-refractivity contribution is 7.07. The van der Waals surface area contributed by atoms with E-state index >= 15 is 0 Å². The topological polar surface area (TPSA) is 79.1 Å². The van der Waals surface area contributed by atoms with E-state index in [9.17, 15) is 9.59 Å². The molecule has 0 saturated carbocycles. The molecule has 3 aromatic carbocycles. The Hall–Kier alpha value is -4.43. The van der Waals surface area contributed by atoms with Gasteiger partial charge in [0.1, 0.15) is 18.1 Å². The summed E-state index contributed by atoms with van der Waals surface area (Å²) in [7, 11) is 2.95. The zero-order valence-corrected chi connectivity index (χ0v) is 23.0. The zero-order valence-electron chi connectivity index (χ0n) is 22.1. The zero-order chi connectivity index (χ0) is 27.5. The van der Waals surface area contributed by atoms with Crippen LogP contribution in [-0.4, -0.2) is 24.8 Å². The summed E-state index contributed by atoms with van der Waals surface area (Å²) in [5.74, 6) is 0.994. The molecule has 39 heavy (non-hydrogen) atoms. The predicted molar refractivity (Wildman–Crippen MR) is 151 cm³/mol. The first kappa shape index (κ1) is 26.2. The van der Waals surface area contributed by atoms with Crippen LogP contribution in [0.25, 0.3) is 6.08 Å². The van der Waals surface area contributed by atoms with Gasteiger partial charge in [-0.2, -0.15) is 0 Å². The van der Waals surface area contributed by atoms with Crippen LogP contribution >= 0.6 is 11.3 Å². The lowest BCUT2D eigenvalue weighted by Gasteiger charge is -2.24. The van der Waals surface area contributed by atoms with Crippen LogP contribution in [0, 0.1) is 6.92 Å². The van der Waals surface area contributed by atoms with Crippen LogP contribution in [-0.2, 0) is 16.1 Å². The van der Waals surface area contributed by atoms with Gasteiger partial charge in [-0.1, -0.05) is 65.9 Å². The van der Waals surface area contributed by atoms with Gasteiger partial charge in [0, 0.05) is 5.56 Å². The molecule has 0 unspecified atom stereocenters. The Bertz CT molecular complexity index is 1750. The summed E-state index contributed by atoms with van der Waals surface area (Å²) < 4.78 is 18.8. The van der Waals surface area contributed by atoms with Gasteiger partial charge >= 0.3 is 5.97 Å². The van der Waals surface area contributed by atoms with E-state index in [2.05, 4.69) is 4.99 Å². The number of hydrogen-bond donors (Lipinski definition) is 0. The Balaban J connectivity index is 1.58. The van der Waals surface area contributed by atoms with E-state index < -0.39 is 12.0 Å².